The molecule has 0 unspecified atom stereocenters. The highest BCUT2D eigenvalue weighted by molar-refractivity contribution is 5.20. The van der Waals surface area contributed by atoms with E-state index in [0.717, 1.165) is 18.8 Å². The molecule has 0 atom stereocenters. The molecule has 0 fully saturated rings. The maximum atomic E-state index is 5.50. The van der Waals surface area contributed by atoms with Crippen LogP contribution >= 0.6 is 0 Å². The molecule has 0 amide bonds. The summed E-state index contributed by atoms with van der Waals surface area (Å²) in [4.78, 5) is 0. The third kappa shape index (κ3) is 4.56. The maximum absolute atomic E-state index is 5.50. The zero-order valence-electron chi connectivity index (χ0n) is 8.20. The Morgan fingerprint density at radius 1 is 1.23 bits per heavy atom. The van der Waals surface area contributed by atoms with Gasteiger partial charge in [-0.2, -0.15) is 0 Å². The number of hydrogen-bond donors (Lipinski definition) is 0. The van der Waals surface area contributed by atoms with Crippen molar-refractivity contribution < 1.29 is 4.74 Å². The fourth-order valence-electron chi connectivity index (χ4n) is 1.10. The van der Waals surface area contributed by atoms with Crippen LogP contribution in [0, 0.1) is 6.42 Å². The quantitative estimate of drug-likeness (QED) is 0.605. The average Bonchev–Trinajstić information content (AvgIpc) is 2.19. The van der Waals surface area contributed by atoms with Gasteiger partial charge in [0.1, 0.15) is 5.75 Å². The van der Waals surface area contributed by atoms with Crippen LogP contribution in [-0.4, -0.2) is 6.61 Å². The lowest BCUT2D eigenvalue weighted by molar-refractivity contribution is 0.343. The molecule has 13 heavy (non-hydrogen) atoms. The summed E-state index contributed by atoms with van der Waals surface area (Å²) in [5, 5.41) is 0. The molecule has 1 aromatic rings. The van der Waals surface area contributed by atoms with Crippen LogP contribution in [0.2, 0.25) is 0 Å². The summed E-state index contributed by atoms with van der Waals surface area (Å²) in [5.74, 6) is 0.954. The van der Waals surface area contributed by atoms with Crippen molar-refractivity contribution in [1.82, 2.24) is 0 Å². The Hall–Kier alpha value is -0.980. The molecule has 1 radical (unpaired) electrons. The standard InChI is InChI=1S/C12H17O/c1-2-3-4-8-11-13-12-9-6-5-7-10-12/h5-10H,2-4,11H2,1H3. The second kappa shape index (κ2) is 6.53. The number of ether oxygens (including phenoxy) is 1. The summed E-state index contributed by atoms with van der Waals surface area (Å²) in [7, 11) is 0. The Bertz CT molecular complexity index is 206. The minimum absolute atomic E-state index is 0.726. The molecule has 1 aromatic carbocycles. The molecule has 0 heterocycles. The number of hydrogen-bond acceptors (Lipinski definition) is 1. The third-order valence-corrected chi connectivity index (χ3v) is 1.87. The Balaban J connectivity index is 2.07. The summed E-state index contributed by atoms with van der Waals surface area (Å²) >= 11 is 0. The Morgan fingerprint density at radius 2 is 2.00 bits per heavy atom. The smallest absolute Gasteiger partial charge is 0.119 e. The van der Waals surface area contributed by atoms with Crippen molar-refractivity contribution in [2.45, 2.75) is 26.2 Å². The van der Waals surface area contributed by atoms with Crippen molar-refractivity contribution in [3.8, 4) is 5.75 Å². The molecule has 0 aliphatic carbocycles. The van der Waals surface area contributed by atoms with Crippen molar-refractivity contribution in [2.75, 3.05) is 6.61 Å². The van der Waals surface area contributed by atoms with Crippen LogP contribution in [0.25, 0.3) is 0 Å². The van der Waals surface area contributed by atoms with E-state index in [1.165, 1.54) is 12.8 Å². The molecule has 0 spiro atoms. The van der Waals surface area contributed by atoms with Gasteiger partial charge in [0, 0.05) is 0 Å². The van der Waals surface area contributed by atoms with Crippen LogP contribution in [0.15, 0.2) is 30.3 Å². The molecular formula is C12H17O. The topological polar surface area (TPSA) is 9.23 Å². The lowest BCUT2D eigenvalue weighted by Gasteiger charge is -2.04. The first kappa shape index (κ1) is 10.1. The Morgan fingerprint density at radius 3 is 2.69 bits per heavy atom. The molecular weight excluding hydrogens is 160 g/mol. The summed E-state index contributed by atoms with van der Waals surface area (Å²) in [6.07, 6.45) is 5.86. The van der Waals surface area contributed by atoms with E-state index in [1.54, 1.807) is 0 Å². The van der Waals surface area contributed by atoms with E-state index in [4.69, 9.17) is 4.74 Å². The van der Waals surface area contributed by atoms with Gasteiger partial charge >= 0.3 is 0 Å². The number of benzene rings is 1. The Labute approximate surface area is 80.7 Å². The molecule has 0 saturated heterocycles. The molecule has 0 aliphatic heterocycles. The van der Waals surface area contributed by atoms with Crippen molar-refractivity contribution in [2.24, 2.45) is 0 Å². The SMILES string of the molecule is CCCC[CH]COc1ccccc1. The summed E-state index contributed by atoms with van der Waals surface area (Å²) in [6.45, 7) is 2.93. The van der Waals surface area contributed by atoms with Gasteiger partial charge < -0.3 is 4.74 Å². The predicted molar refractivity (Wildman–Crippen MR) is 55.8 cm³/mol. The summed E-state index contributed by atoms with van der Waals surface area (Å²) < 4.78 is 5.50. The summed E-state index contributed by atoms with van der Waals surface area (Å²) in [5.41, 5.74) is 0. The second-order valence-corrected chi connectivity index (χ2v) is 3.05. The minimum atomic E-state index is 0.726. The zero-order chi connectivity index (χ0) is 9.36. The summed E-state index contributed by atoms with van der Waals surface area (Å²) in [6, 6.07) is 9.93. The molecule has 0 aliphatic rings. The monoisotopic (exact) mass is 177 g/mol. The van der Waals surface area contributed by atoms with Crippen LogP contribution < -0.4 is 4.74 Å². The van der Waals surface area contributed by atoms with Crippen LogP contribution in [-0.2, 0) is 0 Å². The highest BCUT2D eigenvalue weighted by atomic mass is 16.5. The lowest BCUT2D eigenvalue weighted by atomic mass is 10.2. The third-order valence-electron chi connectivity index (χ3n) is 1.87. The lowest BCUT2D eigenvalue weighted by Crippen LogP contribution is -1.97. The van der Waals surface area contributed by atoms with Crippen LogP contribution in [0.3, 0.4) is 0 Å². The molecule has 1 heteroatoms. The zero-order valence-corrected chi connectivity index (χ0v) is 8.20. The molecule has 0 saturated carbocycles. The first-order chi connectivity index (χ1) is 6.43. The number of rotatable bonds is 6. The molecule has 0 bridgehead atoms. The largest absolute Gasteiger partial charge is 0.493 e. The predicted octanol–water partition coefficient (Wildman–Crippen LogP) is 3.46. The van der Waals surface area contributed by atoms with Gasteiger partial charge in [-0.1, -0.05) is 38.0 Å². The van der Waals surface area contributed by atoms with Crippen LogP contribution in [0.4, 0.5) is 0 Å². The Kier molecular flexibility index (Phi) is 5.07. The van der Waals surface area contributed by atoms with Gasteiger partial charge in [-0.15, -0.1) is 0 Å². The van der Waals surface area contributed by atoms with Crippen molar-refractivity contribution in [1.29, 1.82) is 0 Å². The van der Waals surface area contributed by atoms with E-state index in [9.17, 15) is 0 Å². The van der Waals surface area contributed by atoms with E-state index in [0.29, 0.717) is 0 Å². The van der Waals surface area contributed by atoms with Gasteiger partial charge in [0.25, 0.3) is 0 Å². The van der Waals surface area contributed by atoms with Gasteiger partial charge in [0.05, 0.1) is 6.61 Å². The molecule has 1 rings (SSSR count). The average molecular weight is 177 g/mol. The molecule has 0 aromatic heterocycles. The van der Waals surface area contributed by atoms with Gasteiger partial charge in [-0.3, -0.25) is 0 Å². The van der Waals surface area contributed by atoms with Crippen LogP contribution in [0.1, 0.15) is 26.2 Å². The fourth-order valence-corrected chi connectivity index (χ4v) is 1.10. The van der Waals surface area contributed by atoms with E-state index in [2.05, 4.69) is 13.3 Å². The molecule has 0 N–H and O–H groups in total. The first-order valence-electron chi connectivity index (χ1n) is 4.93. The van der Waals surface area contributed by atoms with Crippen molar-refractivity contribution in [3.05, 3.63) is 36.8 Å². The maximum Gasteiger partial charge on any atom is 0.119 e. The number of unbranched alkanes of at least 4 members (excludes halogenated alkanes) is 3. The van der Waals surface area contributed by atoms with E-state index in [-0.39, 0.29) is 0 Å². The van der Waals surface area contributed by atoms with Gasteiger partial charge in [0.15, 0.2) is 0 Å². The van der Waals surface area contributed by atoms with Gasteiger partial charge in [0.2, 0.25) is 0 Å². The van der Waals surface area contributed by atoms with Crippen molar-refractivity contribution >= 4 is 0 Å². The highest BCUT2D eigenvalue weighted by Gasteiger charge is 1.91. The normalized spacial score (nSPS) is 9.92. The van der Waals surface area contributed by atoms with Crippen molar-refractivity contribution in [3.63, 3.8) is 0 Å². The second-order valence-electron chi connectivity index (χ2n) is 3.05. The van der Waals surface area contributed by atoms with E-state index >= 15 is 0 Å². The first-order valence-corrected chi connectivity index (χ1v) is 4.93. The van der Waals surface area contributed by atoms with E-state index < -0.39 is 0 Å². The highest BCUT2D eigenvalue weighted by Crippen LogP contribution is 2.09. The minimum Gasteiger partial charge on any atom is -0.493 e. The molecule has 1 nitrogen and oxygen atoms in total. The van der Waals surface area contributed by atoms with Gasteiger partial charge in [-0.05, 0) is 25.0 Å². The van der Waals surface area contributed by atoms with E-state index in [1.807, 2.05) is 30.3 Å². The van der Waals surface area contributed by atoms with Gasteiger partial charge in [-0.25, -0.2) is 0 Å². The van der Waals surface area contributed by atoms with Crippen LogP contribution in [0.5, 0.6) is 5.75 Å². The number of para-hydroxylation sites is 1. The molecule has 71 valence electrons. The fraction of sp³-hybridized carbons (Fsp3) is 0.417.